The summed E-state index contributed by atoms with van der Waals surface area (Å²) in [5.74, 6) is 0.456. The molecule has 2 fully saturated rings. The number of ether oxygens (including phenoxy) is 1. The lowest BCUT2D eigenvalue weighted by Crippen LogP contribution is -2.35. The predicted octanol–water partition coefficient (Wildman–Crippen LogP) is 3.89. The van der Waals surface area contributed by atoms with Crippen LogP contribution in [0.5, 0.6) is 0 Å². The highest BCUT2D eigenvalue weighted by molar-refractivity contribution is 6.33. The molecule has 2 N–H and O–H groups in total. The fraction of sp³-hybridized carbons (Fsp3) is 0.522. The van der Waals surface area contributed by atoms with Crippen molar-refractivity contribution in [2.24, 2.45) is 11.8 Å². The van der Waals surface area contributed by atoms with E-state index in [2.05, 4.69) is 20.6 Å². The van der Waals surface area contributed by atoms with Gasteiger partial charge in [-0.3, -0.25) is 9.78 Å². The lowest BCUT2D eigenvalue weighted by atomic mass is 9.92. The summed E-state index contributed by atoms with van der Waals surface area (Å²) in [7, 11) is 0. The van der Waals surface area contributed by atoms with Crippen molar-refractivity contribution in [2.45, 2.75) is 32.1 Å². The second-order valence-corrected chi connectivity index (χ2v) is 8.71. The second kappa shape index (κ2) is 10.5. The molecule has 31 heavy (non-hydrogen) atoms. The SMILES string of the molecule is O=C(Cc1cc(-c2ccc(F)c(NCC3CCOCC3)n2)c(Cl)cn1)[C@@H]1CCCNC1. The molecule has 2 saturated heterocycles. The predicted molar refractivity (Wildman–Crippen MR) is 119 cm³/mol. The minimum Gasteiger partial charge on any atom is -0.381 e. The van der Waals surface area contributed by atoms with Gasteiger partial charge in [0.1, 0.15) is 5.78 Å². The lowest BCUT2D eigenvalue weighted by molar-refractivity contribution is -0.122. The molecule has 4 rings (SSSR count). The van der Waals surface area contributed by atoms with Crippen molar-refractivity contribution < 1.29 is 13.9 Å². The van der Waals surface area contributed by atoms with Gasteiger partial charge < -0.3 is 15.4 Å². The van der Waals surface area contributed by atoms with E-state index in [1.807, 2.05) is 0 Å². The summed E-state index contributed by atoms with van der Waals surface area (Å²) >= 11 is 6.38. The summed E-state index contributed by atoms with van der Waals surface area (Å²) in [6.07, 6.45) is 5.63. The third-order valence-electron chi connectivity index (χ3n) is 6.04. The first-order valence-corrected chi connectivity index (χ1v) is 11.3. The summed E-state index contributed by atoms with van der Waals surface area (Å²) in [6, 6.07) is 4.79. The van der Waals surface area contributed by atoms with Crippen molar-refractivity contribution in [1.29, 1.82) is 0 Å². The molecule has 2 aliphatic rings. The van der Waals surface area contributed by atoms with Crippen LogP contribution in [-0.4, -0.2) is 48.6 Å². The standard InChI is InChI=1S/C23H28ClFN4O2/c24-19-14-27-17(11-22(30)16-2-1-7-26-13-16)10-18(19)21-4-3-20(25)23(29-21)28-12-15-5-8-31-9-6-15/h3-4,10,14-16,26H,1-2,5-9,11-13H2,(H,28,29)/t16-/m1/s1. The first-order valence-electron chi connectivity index (χ1n) is 11.0. The topological polar surface area (TPSA) is 76.1 Å². The number of aromatic nitrogens is 2. The van der Waals surface area contributed by atoms with Gasteiger partial charge in [0.25, 0.3) is 0 Å². The van der Waals surface area contributed by atoms with Crippen LogP contribution in [0.2, 0.25) is 5.02 Å². The number of rotatable bonds is 7. The van der Waals surface area contributed by atoms with Gasteiger partial charge >= 0.3 is 0 Å². The average molecular weight is 447 g/mol. The van der Waals surface area contributed by atoms with Gasteiger partial charge in [-0.15, -0.1) is 0 Å². The lowest BCUT2D eigenvalue weighted by Gasteiger charge is -2.22. The van der Waals surface area contributed by atoms with Crippen LogP contribution in [0.3, 0.4) is 0 Å². The first-order chi connectivity index (χ1) is 15.1. The number of nitrogens with zero attached hydrogens (tertiary/aromatic N) is 2. The number of Topliss-reactive ketones (excluding diaryl/α,β-unsaturated/α-hetero) is 1. The van der Waals surface area contributed by atoms with Crippen molar-refractivity contribution >= 4 is 23.2 Å². The maximum atomic E-state index is 14.4. The van der Waals surface area contributed by atoms with E-state index in [0.29, 0.717) is 34.4 Å². The molecule has 166 valence electrons. The molecule has 2 aromatic rings. The van der Waals surface area contributed by atoms with Crippen molar-refractivity contribution in [3.05, 3.63) is 40.9 Å². The van der Waals surface area contributed by atoms with Crippen molar-refractivity contribution in [3.63, 3.8) is 0 Å². The van der Waals surface area contributed by atoms with Crippen molar-refractivity contribution in [2.75, 3.05) is 38.2 Å². The Morgan fingerprint density at radius 3 is 2.90 bits per heavy atom. The summed E-state index contributed by atoms with van der Waals surface area (Å²) in [5, 5.41) is 6.84. The van der Waals surface area contributed by atoms with Crippen molar-refractivity contribution in [3.8, 4) is 11.3 Å². The number of hydrogen-bond donors (Lipinski definition) is 2. The highest BCUT2D eigenvalue weighted by Crippen LogP contribution is 2.29. The fourth-order valence-electron chi connectivity index (χ4n) is 4.13. The number of anilines is 1. The Balaban J connectivity index is 1.48. The first kappa shape index (κ1) is 22.1. The zero-order valence-electron chi connectivity index (χ0n) is 17.5. The Hall–Kier alpha value is -2.09. The maximum absolute atomic E-state index is 14.4. The second-order valence-electron chi connectivity index (χ2n) is 8.31. The van der Waals surface area contributed by atoms with E-state index in [-0.39, 0.29) is 23.9 Å². The fourth-order valence-corrected chi connectivity index (χ4v) is 4.33. The zero-order valence-corrected chi connectivity index (χ0v) is 18.3. The smallest absolute Gasteiger partial charge is 0.165 e. The van der Waals surface area contributed by atoms with Crippen molar-refractivity contribution in [1.82, 2.24) is 15.3 Å². The van der Waals surface area contributed by atoms with Gasteiger partial charge in [0.05, 0.1) is 10.7 Å². The van der Waals surface area contributed by atoms with E-state index in [1.165, 1.54) is 6.07 Å². The Morgan fingerprint density at radius 1 is 1.29 bits per heavy atom. The Morgan fingerprint density at radius 2 is 2.13 bits per heavy atom. The Kier molecular flexibility index (Phi) is 7.48. The molecule has 2 aromatic heterocycles. The third-order valence-corrected chi connectivity index (χ3v) is 6.34. The number of hydrogen-bond acceptors (Lipinski definition) is 6. The third kappa shape index (κ3) is 5.79. The number of carbonyl (C=O) groups is 1. The molecule has 8 heteroatoms. The molecule has 2 aliphatic heterocycles. The van der Waals surface area contributed by atoms with Gasteiger partial charge in [-0.25, -0.2) is 9.37 Å². The molecule has 0 bridgehead atoms. The molecular weight excluding hydrogens is 419 g/mol. The number of nitrogens with one attached hydrogen (secondary N) is 2. The molecule has 0 aromatic carbocycles. The quantitative estimate of drug-likeness (QED) is 0.672. The van der Waals surface area contributed by atoms with Crippen LogP contribution in [0.1, 0.15) is 31.4 Å². The summed E-state index contributed by atoms with van der Waals surface area (Å²) < 4.78 is 19.7. The van der Waals surface area contributed by atoms with Gasteiger partial charge in [0.15, 0.2) is 11.6 Å². The molecule has 0 spiro atoms. The minimum absolute atomic E-state index is 0.0274. The zero-order chi connectivity index (χ0) is 21.6. The van der Waals surface area contributed by atoms with Gasteiger partial charge in [0.2, 0.25) is 0 Å². The van der Waals surface area contributed by atoms with Gasteiger partial charge in [0, 0.05) is 56.1 Å². The number of halogens is 2. The van der Waals surface area contributed by atoms with Crippen LogP contribution in [-0.2, 0) is 16.0 Å². The molecule has 0 saturated carbocycles. The van der Waals surface area contributed by atoms with Crippen LogP contribution < -0.4 is 10.6 Å². The van der Waals surface area contributed by atoms with E-state index >= 15 is 0 Å². The Bertz CT molecular complexity index is 914. The molecule has 0 unspecified atom stereocenters. The van der Waals surface area contributed by atoms with Crippen LogP contribution in [0, 0.1) is 17.7 Å². The molecule has 0 radical (unpaired) electrons. The van der Waals surface area contributed by atoms with E-state index in [4.69, 9.17) is 16.3 Å². The highest BCUT2D eigenvalue weighted by atomic mass is 35.5. The number of piperidine rings is 1. The van der Waals surface area contributed by atoms with Gasteiger partial charge in [-0.05, 0) is 56.3 Å². The largest absolute Gasteiger partial charge is 0.381 e. The molecule has 1 atom stereocenters. The summed E-state index contributed by atoms with van der Waals surface area (Å²) in [5.41, 5.74) is 1.85. The number of ketones is 1. The van der Waals surface area contributed by atoms with E-state index in [1.54, 1.807) is 18.3 Å². The summed E-state index contributed by atoms with van der Waals surface area (Å²) in [4.78, 5) is 21.4. The van der Waals surface area contributed by atoms with E-state index in [0.717, 1.165) is 52.0 Å². The van der Waals surface area contributed by atoms with Gasteiger partial charge in [-0.2, -0.15) is 0 Å². The molecule has 4 heterocycles. The minimum atomic E-state index is -0.402. The molecule has 0 amide bonds. The monoisotopic (exact) mass is 446 g/mol. The average Bonchev–Trinajstić information content (AvgIpc) is 2.81. The van der Waals surface area contributed by atoms with Crippen LogP contribution in [0.4, 0.5) is 10.2 Å². The van der Waals surface area contributed by atoms with Crippen LogP contribution >= 0.6 is 11.6 Å². The van der Waals surface area contributed by atoms with Crippen LogP contribution in [0.15, 0.2) is 24.4 Å². The van der Waals surface area contributed by atoms with E-state index in [9.17, 15) is 9.18 Å². The van der Waals surface area contributed by atoms with E-state index < -0.39 is 5.82 Å². The highest BCUT2D eigenvalue weighted by Gasteiger charge is 2.22. The van der Waals surface area contributed by atoms with Crippen LogP contribution in [0.25, 0.3) is 11.3 Å². The molecule has 6 nitrogen and oxygen atoms in total. The maximum Gasteiger partial charge on any atom is 0.165 e. The Labute approximate surface area is 187 Å². The normalized spacial score (nSPS) is 19.9. The number of pyridine rings is 2. The number of carbonyl (C=O) groups excluding carboxylic acids is 1. The molecular formula is C23H28ClFN4O2. The van der Waals surface area contributed by atoms with Gasteiger partial charge in [-0.1, -0.05) is 11.6 Å². The molecule has 0 aliphatic carbocycles. The summed E-state index contributed by atoms with van der Waals surface area (Å²) in [6.45, 7) is 3.83.